The van der Waals surface area contributed by atoms with Gasteiger partial charge in [-0.1, -0.05) is 27.7 Å². The number of hydrogen-bond acceptors (Lipinski definition) is 2. The maximum atomic E-state index is 10.9. The molecule has 0 spiro atoms. The van der Waals surface area contributed by atoms with E-state index in [1.165, 1.54) is 0 Å². The number of carbonyl (C=O) groups is 2. The van der Waals surface area contributed by atoms with Gasteiger partial charge in [-0.15, -0.1) is 0 Å². The molecular weight excluding hydrogens is 184 g/mol. The van der Waals surface area contributed by atoms with Gasteiger partial charge in [-0.05, 0) is 11.8 Å². The predicted molar refractivity (Wildman–Crippen MR) is 51.9 cm³/mol. The number of aliphatic carboxylic acids is 2. The second-order valence-corrected chi connectivity index (χ2v) is 4.22. The molecule has 0 aromatic heterocycles. The Morgan fingerprint density at radius 2 is 1.00 bits per heavy atom. The minimum absolute atomic E-state index is 0.170. The highest BCUT2D eigenvalue weighted by atomic mass is 16.4. The van der Waals surface area contributed by atoms with Gasteiger partial charge in [-0.25, -0.2) is 0 Å². The molecule has 0 fully saturated rings. The smallest absolute Gasteiger partial charge is 0.307 e. The molecule has 2 N–H and O–H groups in total. The first-order valence-corrected chi connectivity index (χ1v) is 4.74. The fourth-order valence-electron chi connectivity index (χ4n) is 1.71. The van der Waals surface area contributed by atoms with Gasteiger partial charge in [0.1, 0.15) is 0 Å². The highest BCUT2D eigenvalue weighted by molar-refractivity contribution is 5.80. The van der Waals surface area contributed by atoms with E-state index in [2.05, 4.69) is 0 Å². The summed E-state index contributed by atoms with van der Waals surface area (Å²) < 4.78 is 0. The molecule has 0 aliphatic rings. The van der Waals surface area contributed by atoms with Gasteiger partial charge in [0.05, 0.1) is 11.8 Å². The van der Waals surface area contributed by atoms with Crippen LogP contribution >= 0.6 is 0 Å². The summed E-state index contributed by atoms with van der Waals surface area (Å²) in [4.78, 5) is 21.9. The van der Waals surface area contributed by atoms with Crippen molar-refractivity contribution in [2.75, 3.05) is 0 Å². The number of rotatable bonds is 5. The Balaban J connectivity index is 4.93. The van der Waals surface area contributed by atoms with Gasteiger partial charge in [0.2, 0.25) is 0 Å². The van der Waals surface area contributed by atoms with Crippen LogP contribution in [0.2, 0.25) is 0 Å². The van der Waals surface area contributed by atoms with Crippen molar-refractivity contribution in [2.24, 2.45) is 23.7 Å². The Hall–Kier alpha value is -1.06. The Bertz CT molecular complexity index is 196. The molecule has 82 valence electrons. The average Bonchev–Trinajstić information content (AvgIpc) is 1.96. The van der Waals surface area contributed by atoms with Crippen LogP contribution in [0, 0.1) is 23.7 Å². The van der Waals surface area contributed by atoms with Gasteiger partial charge in [0.25, 0.3) is 0 Å². The lowest BCUT2D eigenvalue weighted by molar-refractivity contribution is -0.157. The van der Waals surface area contributed by atoms with E-state index >= 15 is 0 Å². The van der Waals surface area contributed by atoms with E-state index in [1.54, 1.807) is 27.7 Å². The van der Waals surface area contributed by atoms with Crippen molar-refractivity contribution in [1.82, 2.24) is 0 Å². The fourth-order valence-corrected chi connectivity index (χ4v) is 1.71. The second-order valence-electron chi connectivity index (χ2n) is 4.22. The van der Waals surface area contributed by atoms with Gasteiger partial charge < -0.3 is 10.2 Å². The van der Waals surface area contributed by atoms with E-state index in [0.717, 1.165) is 0 Å². The zero-order valence-corrected chi connectivity index (χ0v) is 9.02. The van der Waals surface area contributed by atoms with Gasteiger partial charge in [-0.3, -0.25) is 9.59 Å². The highest BCUT2D eigenvalue weighted by Gasteiger charge is 2.37. The van der Waals surface area contributed by atoms with Crippen LogP contribution in [-0.2, 0) is 9.59 Å². The number of hydrogen-bond donors (Lipinski definition) is 2. The molecule has 0 aliphatic heterocycles. The van der Waals surface area contributed by atoms with Gasteiger partial charge in [0, 0.05) is 0 Å². The molecule has 0 unspecified atom stereocenters. The lowest BCUT2D eigenvalue weighted by atomic mass is 9.77. The second kappa shape index (κ2) is 4.98. The molecule has 0 radical (unpaired) electrons. The zero-order valence-electron chi connectivity index (χ0n) is 9.02. The summed E-state index contributed by atoms with van der Waals surface area (Å²) in [7, 11) is 0. The van der Waals surface area contributed by atoms with E-state index in [0.29, 0.717) is 0 Å². The SMILES string of the molecule is CC(C)[C@@H](C(=O)O)[C@@H](C(=O)O)C(C)C. The van der Waals surface area contributed by atoms with Crippen LogP contribution in [0.1, 0.15) is 27.7 Å². The summed E-state index contributed by atoms with van der Waals surface area (Å²) in [5, 5.41) is 17.9. The summed E-state index contributed by atoms with van der Waals surface area (Å²) in [6.07, 6.45) is 0. The predicted octanol–water partition coefficient (Wildman–Crippen LogP) is 1.70. The van der Waals surface area contributed by atoms with Crippen LogP contribution in [0.25, 0.3) is 0 Å². The van der Waals surface area contributed by atoms with Gasteiger partial charge in [-0.2, -0.15) is 0 Å². The Labute approximate surface area is 83.9 Å². The summed E-state index contributed by atoms with van der Waals surface area (Å²) in [5.41, 5.74) is 0. The fraction of sp³-hybridized carbons (Fsp3) is 0.800. The molecule has 14 heavy (non-hydrogen) atoms. The Morgan fingerprint density at radius 3 is 1.07 bits per heavy atom. The van der Waals surface area contributed by atoms with Crippen LogP contribution < -0.4 is 0 Å². The van der Waals surface area contributed by atoms with Crippen LogP contribution in [0.5, 0.6) is 0 Å². The standard InChI is InChI=1S/C10H18O4/c1-5(2)7(9(11)12)8(6(3)4)10(13)14/h5-8H,1-4H3,(H,11,12)(H,13,14)/t7-,8+. The van der Waals surface area contributed by atoms with Crippen LogP contribution in [-0.4, -0.2) is 22.2 Å². The van der Waals surface area contributed by atoms with Gasteiger partial charge >= 0.3 is 11.9 Å². The third-order valence-corrected chi connectivity index (χ3v) is 2.39. The van der Waals surface area contributed by atoms with Crippen molar-refractivity contribution >= 4 is 11.9 Å². The first kappa shape index (κ1) is 12.9. The van der Waals surface area contributed by atoms with E-state index in [9.17, 15) is 9.59 Å². The maximum Gasteiger partial charge on any atom is 0.307 e. The van der Waals surface area contributed by atoms with Crippen LogP contribution in [0.3, 0.4) is 0 Å². The average molecular weight is 202 g/mol. The van der Waals surface area contributed by atoms with Crippen molar-refractivity contribution in [1.29, 1.82) is 0 Å². The monoisotopic (exact) mass is 202 g/mol. The lowest BCUT2D eigenvalue weighted by Crippen LogP contribution is -2.36. The highest BCUT2D eigenvalue weighted by Crippen LogP contribution is 2.27. The Morgan fingerprint density at radius 1 is 0.786 bits per heavy atom. The van der Waals surface area contributed by atoms with E-state index in [-0.39, 0.29) is 11.8 Å². The van der Waals surface area contributed by atoms with Crippen LogP contribution in [0.4, 0.5) is 0 Å². The molecule has 4 heteroatoms. The van der Waals surface area contributed by atoms with Crippen molar-refractivity contribution in [3.05, 3.63) is 0 Å². The summed E-state index contributed by atoms with van der Waals surface area (Å²) in [6, 6.07) is 0. The molecule has 0 saturated heterocycles. The third-order valence-electron chi connectivity index (χ3n) is 2.39. The summed E-state index contributed by atoms with van der Waals surface area (Å²) in [6.45, 7) is 6.93. The Kier molecular flexibility index (Phi) is 4.60. The first-order chi connectivity index (χ1) is 6.29. The van der Waals surface area contributed by atoms with E-state index in [4.69, 9.17) is 10.2 Å². The van der Waals surface area contributed by atoms with Gasteiger partial charge in [0.15, 0.2) is 0 Å². The number of carboxylic acid groups (broad SMARTS) is 2. The zero-order chi connectivity index (χ0) is 11.5. The topological polar surface area (TPSA) is 74.6 Å². The van der Waals surface area contributed by atoms with Crippen molar-refractivity contribution in [2.45, 2.75) is 27.7 Å². The molecule has 0 amide bonds. The molecule has 0 aromatic carbocycles. The molecule has 2 atom stereocenters. The molecule has 0 bridgehead atoms. The lowest BCUT2D eigenvalue weighted by Gasteiger charge is -2.26. The molecular formula is C10H18O4. The largest absolute Gasteiger partial charge is 0.481 e. The molecule has 4 nitrogen and oxygen atoms in total. The van der Waals surface area contributed by atoms with Crippen LogP contribution in [0.15, 0.2) is 0 Å². The maximum absolute atomic E-state index is 10.9. The normalized spacial score (nSPS) is 15.6. The van der Waals surface area contributed by atoms with E-state index in [1.807, 2.05) is 0 Å². The van der Waals surface area contributed by atoms with E-state index < -0.39 is 23.8 Å². The summed E-state index contributed by atoms with van der Waals surface area (Å²) in [5.74, 6) is -4.02. The number of carboxylic acids is 2. The van der Waals surface area contributed by atoms with Crippen molar-refractivity contribution in [3.63, 3.8) is 0 Å². The summed E-state index contributed by atoms with van der Waals surface area (Å²) >= 11 is 0. The minimum Gasteiger partial charge on any atom is -0.481 e. The molecule has 0 saturated carbocycles. The van der Waals surface area contributed by atoms with Crippen molar-refractivity contribution in [3.8, 4) is 0 Å². The quantitative estimate of drug-likeness (QED) is 0.711. The first-order valence-electron chi connectivity index (χ1n) is 4.74. The van der Waals surface area contributed by atoms with Crippen molar-refractivity contribution < 1.29 is 19.8 Å². The third kappa shape index (κ3) is 3.01. The molecule has 0 rings (SSSR count). The molecule has 0 heterocycles. The minimum atomic E-state index is -1.03. The molecule has 0 aliphatic carbocycles. The molecule has 0 aromatic rings.